The Morgan fingerprint density at radius 1 is 1.25 bits per heavy atom. The van der Waals surface area contributed by atoms with Gasteiger partial charge in [0.05, 0.1) is 11.5 Å². The topological polar surface area (TPSA) is 35.8 Å². The van der Waals surface area contributed by atoms with Crippen molar-refractivity contribution in [1.82, 2.24) is 5.32 Å². The fourth-order valence-corrected chi connectivity index (χ4v) is 3.63. The zero-order valence-electron chi connectivity index (χ0n) is 11.4. The molecule has 3 rings (SSSR count). The molecule has 0 bridgehead atoms. The maximum absolute atomic E-state index is 9.51. The minimum atomic E-state index is -0.263. The van der Waals surface area contributed by atoms with Crippen molar-refractivity contribution in [3.8, 4) is 6.07 Å². The molecule has 3 heteroatoms. The lowest BCUT2D eigenvalue weighted by Crippen LogP contribution is -2.51. The number of nitrogens with zero attached hydrogens (tertiary/aromatic N) is 1. The molecule has 0 saturated heterocycles. The maximum atomic E-state index is 9.51. The van der Waals surface area contributed by atoms with Gasteiger partial charge in [-0.15, -0.1) is 0 Å². The lowest BCUT2D eigenvalue weighted by Gasteiger charge is -2.43. The Morgan fingerprint density at radius 2 is 2.05 bits per heavy atom. The number of hydrogen-bond donors (Lipinski definition) is 1. The van der Waals surface area contributed by atoms with Crippen LogP contribution in [0.2, 0.25) is 0 Å². The van der Waals surface area contributed by atoms with E-state index in [0.29, 0.717) is 6.04 Å². The predicted molar refractivity (Wildman–Crippen MR) is 82.8 cm³/mol. The predicted octanol–water partition coefficient (Wildman–Crippen LogP) is 3.50. The van der Waals surface area contributed by atoms with E-state index in [0.717, 1.165) is 25.8 Å². The largest absolute Gasteiger partial charge is 0.314 e. The molecule has 2 aromatic rings. The molecule has 1 N–H and O–H groups in total. The second-order valence-electron chi connectivity index (χ2n) is 5.50. The molecule has 2 nitrogen and oxygen atoms in total. The van der Waals surface area contributed by atoms with Crippen LogP contribution in [0.25, 0.3) is 0 Å². The summed E-state index contributed by atoms with van der Waals surface area (Å²) in [4.78, 5) is 0. The van der Waals surface area contributed by atoms with Crippen molar-refractivity contribution in [3.05, 3.63) is 58.3 Å². The molecule has 1 aliphatic carbocycles. The first-order valence-corrected chi connectivity index (χ1v) is 7.98. The average molecular weight is 282 g/mol. The summed E-state index contributed by atoms with van der Waals surface area (Å²) in [6.07, 6.45) is 2.93. The van der Waals surface area contributed by atoms with Gasteiger partial charge in [0.1, 0.15) is 0 Å². The molecule has 1 aromatic heterocycles. The Morgan fingerprint density at radius 3 is 2.70 bits per heavy atom. The van der Waals surface area contributed by atoms with Gasteiger partial charge in [-0.25, -0.2) is 0 Å². The number of nitrogens with one attached hydrogen (secondary N) is 1. The first-order valence-electron chi connectivity index (χ1n) is 7.04. The third-order valence-electron chi connectivity index (χ3n) is 4.16. The van der Waals surface area contributed by atoms with E-state index in [-0.39, 0.29) is 5.41 Å². The quantitative estimate of drug-likeness (QED) is 0.911. The molecule has 0 radical (unpaired) electrons. The molecule has 1 heterocycles. The molecule has 1 fully saturated rings. The van der Waals surface area contributed by atoms with Crippen molar-refractivity contribution >= 4 is 11.3 Å². The molecule has 20 heavy (non-hydrogen) atoms. The molecule has 102 valence electrons. The van der Waals surface area contributed by atoms with Crippen molar-refractivity contribution in [2.24, 2.45) is 0 Å². The summed E-state index contributed by atoms with van der Waals surface area (Å²) in [5.74, 6) is 0. The van der Waals surface area contributed by atoms with Crippen LogP contribution in [0, 0.1) is 11.3 Å². The average Bonchev–Trinajstić information content (AvgIpc) is 2.96. The number of thiophene rings is 1. The molecule has 0 aliphatic heterocycles. The highest BCUT2D eigenvalue weighted by Crippen LogP contribution is 2.43. The highest BCUT2D eigenvalue weighted by Gasteiger charge is 2.45. The van der Waals surface area contributed by atoms with Crippen LogP contribution in [0.4, 0.5) is 0 Å². The summed E-state index contributed by atoms with van der Waals surface area (Å²) < 4.78 is 0. The fraction of sp³-hybridized carbons (Fsp3) is 0.353. The molecule has 0 spiro atoms. The van der Waals surface area contributed by atoms with Gasteiger partial charge in [0, 0.05) is 6.04 Å². The highest BCUT2D eigenvalue weighted by molar-refractivity contribution is 7.07. The molecule has 1 saturated carbocycles. The van der Waals surface area contributed by atoms with Crippen molar-refractivity contribution in [2.75, 3.05) is 6.54 Å². The van der Waals surface area contributed by atoms with Crippen LogP contribution in [0.15, 0.2) is 47.2 Å². The number of rotatable bonds is 5. The zero-order chi connectivity index (χ0) is 13.8. The minimum absolute atomic E-state index is 0.263. The van der Waals surface area contributed by atoms with Crippen LogP contribution in [-0.4, -0.2) is 12.6 Å². The first-order chi connectivity index (χ1) is 9.82. The van der Waals surface area contributed by atoms with Crippen molar-refractivity contribution in [2.45, 2.75) is 30.7 Å². The maximum Gasteiger partial charge on any atom is 0.0852 e. The highest BCUT2D eigenvalue weighted by atomic mass is 32.1. The van der Waals surface area contributed by atoms with Crippen LogP contribution in [0.5, 0.6) is 0 Å². The van der Waals surface area contributed by atoms with E-state index in [4.69, 9.17) is 0 Å². The van der Waals surface area contributed by atoms with Crippen molar-refractivity contribution in [3.63, 3.8) is 0 Å². The van der Waals surface area contributed by atoms with Gasteiger partial charge in [-0.3, -0.25) is 0 Å². The lowest BCUT2D eigenvalue weighted by atomic mass is 9.62. The van der Waals surface area contributed by atoms with E-state index in [2.05, 4.69) is 40.3 Å². The monoisotopic (exact) mass is 282 g/mol. The van der Waals surface area contributed by atoms with Crippen LogP contribution < -0.4 is 5.32 Å². The normalized spacial score (nSPS) is 24.9. The Kier molecular flexibility index (Phi) is 3.86. The molecule has 0 amide bonds. The number of hydrogen-bond acceptors (Lipinski definition) is 3. The van der Waals surface area contributed by atoms with Gasteiger partial charge in [-0.05, 0) is 53.8 Å². The van der Waals surface area contributed by atoms with E-state index in [9.17, 15) is 5.26 Å². The van der Waals surface area contributed by atoms with Crippen LogP contribution in [0.3, 0.4) is 0 Å². The summed E-state index contributed by atoms with van der Waals surface area (Å²) in [5, 5.41) is 17.4. The Labute approximate surface area is 124 Å². The Hall–Kier alpha value is -1.63. The number of nitriles is 1. The van der Waals surface area contributed by atoms with E-state index < -0.39 is 0 Å². The molecule has 1 aliphatic rings. The van der Waals surface area contributed by atoms with E-state index in [1.807, 2.05) is 18.2 Å². The molecule has 0 unspecified atom stereocenters. The van der Waals surface area contributed by atoms with Gasteiger partial charge in [0.25, 0.3) is 0 Å². The van der Waals surface area contributed by atoms with Gasteiger partial charge < -0.3 is 5.32 Å². The third kappa shape index (κ3) is 2.63. The summed E-state index contributed by atoms with van der Waals surface area (Å²) in [7, 11) is 0. The van der Waals surface area contributed by atoms with Gasteiger partial charge in [0.2, 0.25) is 0 Å². The van der Waals surface area contributed by atoms with Crippen molar-refractivity contribution in [1.29, 1.82) is 5.26 Å². The van der Waals surface area contributed by atoms with E-state index in [1.165, 1.54) is 11.1 Å². The molecular formula is C17H18N2S. The second-order valence-corrected chi connectivity index (χ2v) is 6.28. The van der Waals surface area contributed by atoms with E-state index in [1.54, 1.807) is 11.3 Å². The van der Waals surface area contributed by atoms with Crippen LogP contribution in [0.1, 0.15) is 24.0 Å². The van der Waals surface area contributed by atoms with Gasteiger partial charge in [0.15, 0.2) is 0 Å². The Balaban J connectivity index is 1.51. The summed E-state index contributed by atoms with van der Waals surface area (Å²) >= 11 is 1.75. The standard InChI is InChI=1S/C17H18N2S/c18-13-17(15-4-2-1-3-5-15)10-16(11-17)19-8-6-14-7-9-20-12-14/h1-5,7,9,12,16,19H,6,8,10-11H2. The fourth-order valence-electron chi connectivity index (χ4n) is 2.93. The smallest absolute Gasteiger partial charge is 0.0852 e. The summed E-state index contributed by atoms with van der Waals surface area (Å²) in [6.45, 7) is 0.998. The molecule has 0 atom stereocenters. The van der Waals surface area contributed by atoms with Gasteiger partial charge >= 0.3 is 0 Å². The SMILES string of the molecule is N#CC1(c2ccccc2)CC(NCCc2ccsc2)C1. The van der Waals surface area contributed by atoms with Crippen LogP contribution >= 0.6 is 11.3 Å². The summed E-state index contributed by atoms with van der Waals surface area (Å²) in [5.41, 5.74) is 2.30. The Bertz CT molecular complexity index is 577. The van der Waals surface area contributed by atoms with Crippen LogP contribution in [-0.2, 0) is 11.8 Å². The van der Waals surface area contributed by atoms with Crippen molar-refractivity contribution < 1.29 is 0 Å². The number of benzene rings is 1. The zero-order valence-corrected chi connectivity index (χ0v) is 12.2. The van der Waals surface area contributed by atoms with Gasteiger partial charge in [-0.2, -0.15) is 16.6 Å². The third-order valence-corrected chi connectivity index (χ3v) is 4.89. The molecular weight excluding hydrogens is 264 g/mol. The molecule has 1 aromatic carbocycles. The lowest BCUT2D eigenvalue weighted by molar-refractivity contribution is 0.228. The minimum Gasteiger partial charge on any atom is -0.314 e. The first kappa shape index (κ1) is 13.4. The van der Waals surface area contributed by atoms with E-state index >= 15 is 0 Å². The summed E-state index contributed by atoms with van der Waals surface area (Å²) in [6, 6.07) is 15.4. The van der Waals surface area contributed by atoms with Gasteiger partial charge in [-0.1, -0.05) is 30.3 Å². The second kappa shape index (κ2) is 5.78.